The number of nitrogens with zero attached hydrogens (tertiary/aromatic N) is 1. The number of unbranched alkanes of at least 4 members (excludes halogenated alkanes) is 1. The van der Waals surface area contributed by atoms with Crippen LogP contribution in [0.5, 0.6) is 0 Å². The third kappa shape index (κ3) is 6.18. The third-order valence-electron chi connectivity index (χ3n) is 6.43. The molecule has 2 atom stereocenters. The van der Waals surface area contributed by atoms with Gasteiger partial charge in [0.1, 0.15) is 11.9 Å². The fraction of sp³-hybridized carbons (Fsp3) is 0.423. The Morgan fingerprint density at radius 2 is 1.97 bits per heavy atom. The Bertz CT molecular complexity index is 1150. The highest BCUT2D eigenvalue weighted by molar-refractivity contribution is 6.21. The fourth-order valence-corrected chi connectivity index (χ4v) is 4.44. The van der Waals surface area contributed by atoms with Crippen molar-refractivity contribution in [2.45, 2.75) is 57.0 Å². The zero-order valence-corrected chi connectivity index (χ0v) is 20.0. The van der Waals surface area contributed by atoms with Crippen molar-refractivity contribution in [2.24, 2.45) is 0 Å². The van der Waals surface area contributed by atoms with Crippen LogP contribution < -0.4 is 21.3 Å². The minimum Gasteiger partial charge on any atom is -0.480 e. The maximum absolute atomic E-state index is 12.6. The quantitative estimate of drug-likeness (QED) is 0.235. The van der Waals surface area contributed by atoms with Crippen molar-refractivity contribution in [3.63, 3.8) is 0 Å². The average Bonchev–Trinajstić information content (AvgIpc) is 3.22. The number of carbonyl (C=O) groups excluding carboxylic acids is 3. The summed E-state index contributed by atoms with van der Waals surface area (Å²) < 4.78 is 0. The second-order valence-corrected chi connectivity index (χ2v) is 9.07. The van der Waals surface area contributed by atoms with E-state index in [1.165, 1.54) is 5.56 Å². The van der Waals surface area contributed by atoms with Crippen molar-refractivity contribution in [3.05, 3.63) is 53.2 Å². The summed E-state index contributed by atoms with van der Waals surface area (Å²) in [6, 6.07) is 8.51. The number of para-hydroxylation sites is 1. The van der Waals surface area contributed by atoms with Gasteiger partial charge in [-0.15, -0.1) is 0 Å². The predicted octanol–water partition coefficient (Wildman–Crippen LogP) is 1.91. The molecule has 36 heavy (non-hydrogen) atoms. The maximum Gasteiger partial charge on any atom is 0.326 e. The molecule has 1 unspecified atom stereocenters. The van der Waals surface area contributed by atoms with Crippen LogP contribution in [0.15, 0.2) is 36.4 Å². The van der Waals surface area contributed by atoms with Crippen molar-refractivity contribution >= 4 is 35.1 Å². The Morgan fingerprint density at radius 3 is 2.78 bits per heavy atom. The Kier molecular flexibility index (Phi) is 8.14. The molecule has 2 aliphatic rings. The lowest BCUT2D eigenvalue weighted by Gasteiger charge is -2.17. The van der Waals surface area contributed by atoms with E-state index in [4.69, 9.17) is 0 Å². The molecule has 10 heteroatoms. The van der Waals surface area contributed by atoms with E-state index >= 15 is 0 Å². The molecular formula is C26H31N5O5. The molecule has 0 radical (unpaired) electrons. The highest BCUT2D eigenvalue weighted by Crippen LogP contribution is 2.25. The normalized spacial score (nSPS) is 16.7. The largest absolute Gasteiger partial charge is 0.480 e. The summed E-state index contributed by atoms with van der Waals surface area (Å²) in [5, 5.41) is 20.7. The molecule has 2 aromatic rings. The number of rotatable bonds is 11. The van der Waals surface area contributed by atoms with Gasteiger partial charge >= 0.3 is 5.97 Å². The van der Waals surface area contributed by atoms with Crippen LogP contribution in [0.1, 0.15) is 53.7 Å². The molecule has 2 aliphatic heterocycles. The minimum absolute atomic E-state index is 0.00666. The maximum atomic E-state index is 12.6. The van der Waals surface area contributed by atoms with Crippen molar-refractivity contribution in [2.75, 3.05) is 23.7 Å². The first-order valence-electron chi connectivity index (χ1n) is 12.3. The Balaban J connectivity index is 1.15. The number of fused-ring (bicyclic) bond motifs is 2. The molecule has 4 rings (SSSR count). The van der Waals surface area contributed by atoms with Crippen molar-refractivity contribution < 1.29 is 24.3 Å². The van der Waals surface area contributed by atoms with Crippen molar-refractivity contribution in [3.8, 4) is 0 Å². The van der Waals surface area contributed by atoms with Crippen molar-refractivity contribution in [1.29, 1.82) is 0 Å². The summed E-state index contributed by atoms with van der Waals surface area (Å²) in [5.74, 6) is -1.54. The zero-order valence-electron chi connectivity index (χ0n) is 20.0. The number of carbonyl (C=O) groups is 4. The summed E-state index contributed by atoms with van der Waals surface area (Å²) >= 11 is 0. The van der Waals surface area contributed by atoms with Gasteiger partial charge in [-0.1, -0.05) is 18.2 Å². The summed E-state index contributed by atoms with van der Waals surface area (Å²) in [4.78, 5) is 53.4. The molecule has 5 N–H and O–H groups in total. The zero-order chi connectivity index (χ0) is 25.5. The molecule has 10 nitrogen and oxygen atoms in total. The Morgan fingerprint density at radius 1 is 1.14 bits per heavy atom. The number of aryl methyl sites for hydroxylation is 2. The number of benzene rings is 1. The van der Waals surface area contributed by atoms with E-state index < -0.39 is 29.7 Å². The van der Waals surface area contributed by atoms with Crippen LogP contribution in [-0.2, 0) is 27.2 Å². The number of aliphatic carboxylic acids is 1. The van der Waals surface area contributed by atoms with Crippen LogP contribution in [0.2, 0.25) is 0 Å². The van der Waals surface area contributed by atoms with E-state index in [1.807, 2.05) is 6.07 Å². The first kappa shape index (κ1) is 25.2. The van der Waals surface area contributed by atoms with Crippen LogP contribution in [0.25, 0.3) is 0 Å². The number of amides is 2. The molecule has 0 saturated heterocycles. The lowest BCUT2D eigenvalue weighted by molar-refractivity contribution is -0.142. The first-order valence-corrected chi connectivity index (χ1v) is 12.3. The summed E-state index contributed by atoms with van der Waals surface area (Å²) in [6.45, 7) is 1.04. The SMILES string of the molecule is O=C(CCCCc1ccc2c(n1)NCCC2)NCC[C@H](NC(=O)C1Nc2ccccc2C1=O)C(=O)O. The summed E-state index contributed by atoms with van der Waals surface area (Å²) in [7, 11) is 0. The number of hydrogen-bond acceptors (Lipinski definition) is 7. The molecule has 1 aromatic carbocycles. The average molecular weight is 494 g/mol. The van der Waals surface area contributed by atoms with Gasteiger partial charge < -0.3 is 26.4 Å². The Labute approximate surface area is 209 Å². The smallest absolute Gasteiger partial charge is 0.326 e. The molecule has 2 amide bonds. The fourth-order valence-electron chi connectivity index (χ4n) is 4.44. The molecular weight excluding hydrogens is 462 g/mol. The van der Waals surface area contributed by atoms with Gasteiger partial charge in [-0.2, -0.15) is 0 Å². The third-order valence-corrected chi connectivity index (χ3v) is 6.43. The van der Waals surface area contributed by atoms with Gasteiger partial charge in [-0.3, -0.25) is 14.4 Å². The van der Waals surface area contributed by atoms with Crippen LogP contribution in [0.3, 0.4) is 0 Å². The highest BCUT2D eigenvalue weighted by atomic mass is 16.4. The number of aromatic nitrogens is 1. The molecule has 1 aromatic heterocycles. The molecule has 0 spiro atoms. The molecule has 0 aliphatic carbocycles. The predicted molar refractivity (Wildman–Crippen MR) is 134 cm³/mol. The number of nitrogens with one attached hydrogen (secondary N) is 4. The standard InChI is InChI=1S/C26H31N5O5/c32-21(10-4-1-7-17-12-11-16-6-5-14-28-24(16)29-17)27-15-13-20(26(35)36)31-25(34)22-23(33)18-8-2-3-9-19(18)30-22/h2-3,8-9,11-12,20,22,30H,1,4-7,10,13-15H2,(H,27,32)(H,28,29)(H,31,34)(H,35,36)/t20-,22?/m0/s1. The monoisotopic (exact) mass is 493 g/mol. The van der Waals surface area contributed by atoms with E-state index in [-0.39, 0.29) is 18.9 Å². The number of anilines is 2. The second-order valence-electron chi connectivity index (χ2n) is 9.07. The topological polar surface area (TPSA) is 150 Å². The van der Waals surface area contributed by atoms with Crippen LogP contribution >= 0.6 is 0 Å². The number of Topliss-reactive ketones (excluding diaryl/α,β-unsaturated/α-hetero) is 1. The molecule has 0 fully saturated rings. The van der Waals surface area contributed by atoms with Gasteiger partial charge in [-0.05, 0) is 62.3 Å². The molecule has 3 heterocycles. The summed E-state index contributed by atoms with van der Waals surface area (Å²) in [5.41, 5.74) is 3.19. The van der Waals surface area contributed by atoms with Gasteiger partial charge in [-0.25, -0.2) is 9.78 Å². The van der Waals surface area contributed by atoms with E-state index in [0.717, 1.165) is 43.7 Å². The van der Waals surface area contributed by atoms with Gasteiger partial charge in [0.15, 0.2) is 11.8 Å². The van der Waals surface area contributed by atoms with Crippen LogP contribution in [0.4, 0.5) is 11.5 Å². The first-order chi connectivity index (χ1) is 17.4. The van der Waals surface area contributed by atoms with E-state index in [0.29, 0.717) is 24.1 Å². The molecule has 190 valence electrons. The number of ketones is 1. The van der Waals surface area contributed by atoms with E-state index in [9.17, 15) is 24.3 Å². The van der Waals surface area contributed by atoms with E-state index in [1.54, 1.807) is 24.3 Å². The van der Waals surface area contributed by atoms with Gasteiger partial charge in [0.2, 0.25) is 5.91 Å². The second kappa shape index (κ2) is 11.7. The number of pyridine rings is 1. The van der Waals surface area contributed by atoms with Crippen molar-refractivity contribution in [1.82, 2.24) is 15.6 Å². The van der Waals surface area contributed by atoms with Gasteiger partial charge in [0.05, 0.1) is 0 Å². The molecule has 0 saturated carbocycles. The number of carboxylic acids is 1. The van der Waals surface area contributed by atoms with Gasteiger partial charge in [0.25, 0.3) is 5.91 Å². The number of carboxylic acid groups (broad SMARTS) is 1. The lowest BCUT2D eigenvalue weighted by atomic mass is 10.1. The minimum atomic E-state index is -1.23. The summed E-state index contributed by atoms with van der Waals surface area (Å²) in [6.07, 6.45) is 4.79. The molecule has 0 bridgehead atoms. The van der Waals surface area contributed by atoms with Crippen LogP contribution in [0, 0.1) is 0 Å². The van der Waals surface area contributed by atoms with E-state index in [2.05, 4.69) is 32.3 Å². The van der Waals surface area contributed by atoms with Gasteiger partial charge in [0, 0.05) is 36.5 Å². The Hall–Kier alpha value is -3.95. The highest BCUT2D eigenvalue weighted by Gasteiger charge is 2.36. The van der Waals surface area contributed by atoms with Crippen LogP contribution in [-0.4, -0.2) is 58.8 Å². The lowest BCUT2D eigenvalue weighted by Crippen LogP contribution is -2.50. The number of hydrogen-bond donors (Lipinski definition) is 5.